The van der Waals surface area contributed by atoms with Gasteiger partial charge in [0.1, 0.15) is 11.9 Å². The first kappa shape index (κ1) is 38.5. The lowest BCUT2D eigenvalue weighted by Crippen LogP contribution is -2.46. The molecule has 1 aliphatic carbocycles. The van der Waals surface area contributed by atoms with Crippen LogP contribution in [0.15, 0.2) is 47.2 Å². The second-order valence-electron chi connectivity index (χ2n) is 14.9. The van der Waals surface area contributed by atoms with E-state index >= 15 is 0 Å². The summed E-state index contributed by atoms with van der Waals surface area (Å²) >= 11 is 9.35. The average Bonchev–Trinajstić information content (AvgIpc) is 3.76. The predicted octanol–water partition coefficient (Wildman–Crippen LogP) is 8.68. The second-order valence-corrected chi connectivity index (χ2v) is 22.1. The minimum Gasteiger partial charge on any atom is -0.496 e. The minimum absolute atomic E-state index is 0.0736. The van der Waals surface area contributed by atoms with Crippen LogP contribution in [0, 0.1) is 5.41 Å². The van der Waals surface area contributed by atoms with Gasteiger partial charge in [-0.15, -0.1) is 22.7 Å². The zero-order valence-corrected chi connectivity index (χ0v) is 33.0. The molecule has 1 aromatic carbocycles. The topological polar surface area (TPSA) is 97.3 Å². The van der Waals surface area contributed by atoms with Crippen LogP contribution in [0.2, 0.25) is 23.2 Å². The number of esters is 1. The number of hydrogen-bond acceptors (Lipinski definition) is 9. The predicted molar refractivity (Wildman–Crippen MR) is 199 cm³/mol. The van der Waals surface area contributed by atoms with Crippen LogP contribution in [0.3, 0.4) is 0 Å². The fourth-order valence-electron chi connectivity index (χ4n) is 5.72. The molecule has 12 heteroatoms. The van der Waals surface area contributed by atoms with Crippen molar-refractivity contribution in [2.45, 2.75) is 103 Å². The molecule has 1 amide bonds. The molecular formula is C36H51ClN2O6S2Si. The molecule has 0 spiro atoms. The first-order valence-electron chi connectivity index (χ1n) is 16.4. The maximum absolute atomic E-state index is 13.6. The summed E-state index contributed by atoms with van der Waals surface area (Å²) < 4.78 is 18.0. The highest BCUT2D eigenvalue weighted by molar-refractivity contribution is 7.12. The number of thiophene rings is 2. The molecule has 0 bridgehead atoms. The standard InChI is InChI=1S/C36H51ClN2O6S2Si/c1-34(2,3)48(8,9)44-22-24-20-27(37)28(21-29(24)43-7)38-32(40)35(4,5)23-39(6)25-14-16-26(17-15-25)45-33(41)36(42,30-12-10-18-46-30)31-13-11-19-47-31/h10-13,18-21,25-26,42H,14-17,22-23H2,1-9H3,(H,38,40)/t25-,26-. The zero-order chi connectivity index (χ0) is 35.5. The average molecular weight is 735 g/mol. The summed E-state index contributed by atoms with van der Waals surface area (Å²) in [6.07, 6.45) is 2.70. The number of benzene rings is 1. The van der Waals surface area contributed by atoms with Crippen molar-refractivity contribution in [3.63, 3.8) is 0 Å². The van der Waals surface area contributed by atoms with Crippen LogP contribution in [0.5, 0.6) is 5.75 Å². The van der Waals surface area contributed by atoms with E-state index in [-0.39, 0.29) is 23.1 Å². The van der Waals surface area contributed by atoms with Crippen LogP contribution in [0.25, 0.3) is 0 Å². The summed E-state index contributed by atoms with van der Waals surface area (Å²) in [5.41, 5.74) is -1.19. The van der Waals surface area contributed by atoms with Crippen LogP contribution in [0.1, 0.15) is 75.6 Å². The van der Waals surface area contributed by atoms with Gasteiger partial charge in [0, 0.05) is 24.2 Å². The lowest BCUT2D eigenvalue weighted by Gasteiger charge is -2.38. The first-order chi connectivity index (χ1) is 22.4. The number of carbonyl (C=O) groups excluding carboxylic acids is 2. The van der Waals surface area contributed by atoms with Gasteiger partial charge in [0.15, 0.2) is 8.32 Å². The molecule has 0 saturated heterocycles. The fourth-order valence-corrected chi connectivity index (χ4v) is 8.61. The molecule has 4 rings (SSSR count). The number of aliphatic hydroxyl groups is 1. The van der Waals surface area contributed by atoms with Crippen molar-refractivity contribution in [1.82, 2.24) is 4.90 Å². The molecule has 1 fully saturated rings. The molecular weight excluding hydrogens is 684 g/mol. The number of rotatable bonds is 13. The third kappa shape index (κ3) is 8.72. The molecule has 264 valence electrons. The van der Waals surface area contributed by atoms with E-state index in [1.54, 1.807) is 25.3 Å². The SMILES string of the molecule is COc1cc(NC(=O)C(C)(C)CN(C)[C@H]2CC[C@H](OC(=O)C(O)(c3cccs3)c3cccs3)CC2)c(Cl)cc1CO[Si](C)(C)C(C)(C)C. The third-order valence-corrected chi connectivity index (χ3v) is 16.6. The number of ether oxygens (including phenoxy) is 2. The van der Waals surface area contributed by atoms with E-state index in [9.17, 15) is 14.7 Å². The number of carbonyl (C=O) groups is 2. The molecule has 0 radical (unpaired) electrons. The normalized spacial score (nSPS) is 17.8. The van der Waals surface area contributed by atoms with Gasteiger partial charge in [-0.3, -0.25) is 4.79 Å². The Morgan fingerprint density at radius 1 is 1.02 bits per heavy atom. The molecule has 0 aliphatic heterocycles. The summed E-state index contributed by atoms with van der Waals surface area (Å²) in [7, 11) is 1.66. The van der Waals surface area contributed by atoms with Gasteiger partial charge < -0.3 is 29.2 Å². The molecule has 0 atom stereocenters. The van der Waals surface area contributed by atoms with Crippen LogP contribution >= 0.6 is 34.3 Å². The van der Waals surface area contributed by atoms with Crippen LogP contribution in [0.4, 0.5) is 5.69 Å². The molecule has 0 unspecified atom stereocenters. The maximum Gasteiger partial charge on any atom is 0.349 e. The highest BCUT2D eigenvalue weighted by atomic mass is 35.5. The number of nitrogens with one attached hydrogen (secondary N) is 1. The van der Waals surface area contributed by atoms with Crippen molar-refractivity contribution in [2.24, 2.45) is 5.41 Å². The van der Waals surface area contributed by atoms with Gasteiger partial charge in [0.2, 0.25) is 11.5 Å². The second kappa shape index (κ2) is 15.3. The Kier molecular flexibility index (Phi) is 12.3. The Morgan fingerprint density at radius 2 is 1.60 bits per heavy atom. The number of halogens is 1. The van der Waals surface area contributed by atoms with Crippen molar-refractivity contribution in [1.29, 1.82) is 0 Å². The summed E-state index contributed by atoms with van der Waals surface area (Å²) in [6, 6.07) is 11.0. The zero-order valence-electron chi connectivity index (χ0n) is 29.6. The molecule has 2 aromatic heterocycles. The summed E-state index contributed by atoms with van der Waals surface area (Å²) in [4.78, 5) is 30.3. The van der Waals surface area contributed by atoms with Gasteiger partial charge in [-0.05, 0) is 93.7 Å². The van der Waals surface area contributed by atoms with Gasteiger partial charge in [0.05, 0.1) is 39.6 Å². The quantitative estimate of drug-likeness (QED) is 0.134. The van der Waals surface area contributed by atoms with Crippen molar-refractivity contribution in [3.8, 4) is 5.75 Å². The summed E-state index contributed by atoms with van der Waals surface area (Å²) in [6.45, 7) is 15.8. The van der Waals surface area contributed by atoms with E-state index in [1.807, 2.05) is 49.9 Å². The Bertz CT molecular complexity index is 1500. The molecule has 3 aromatic rings. The minimum atomic E-state index is -1.98. The van der Waals surface area contributed by atoms with Crippen LogP contribution in [-0.4, -0.2) is 63.0 Å². The Balaban J connectivity index is 1.33. The largest absolute Gasteiger partial charge is 0.496 e. The lowest BCUT2D eigenvalue weighted by atomic mass is 9.87. The van der Waals surface area contributed by atoms with Crippen molar-refractivity contribution in [3.05, 3.63) is 67.5 Å². The van der Waals surface area contributed by atoms with Gasteiger partial charge in [-0.2, -0.15) is 0 Å². The fraction of sp³-hybridized carbons (Fsp3) is 0.556. The van der Waals surface area contributed by atoms with Gasteiger partial charge in [0.25, 0.3) is 0 Å². The molecule has 1 saturated carbocycles. The number of anilines is 1. The highest BCUT2D eigenvalue weighted by Crippen LogP contribution is 2.40. The third-order valence-electron chi connectivity index (χ3n) is 9.86. The molecule has 2 heterocycles. The highest BCUT2D eigenvalue weighted by Gasteiger charge is 2.45. The maximum atomic E-state index is 13.6. The number of amides is 1. The Labute approximate surface area is 299 Å². The molecule has 1 aliphatic rings. The molecule has 8 nitrogen and oxygen atoms in total. The number of methoxy groups -OCH3 is 1. The van der Waals surface area contributed by atoms with E-state index in [2.05, 4.69) is 44.1 Å². The van der Waals surface area contributed by atoms with Gasteiger partial charge in [-0.1, -0.05) is 44.5 Å². The van der Waals surface area contributed by atoms with Crippen LogP contribution < -0.4 is 10.1 Å². The monoisotopic (exact) mass is 734 g/mol. The molecule has 48 heavy (non-hydrogen) atoms. The number of hydrogen-bond donors (Lipinski definition) is 2. The first-order valence-corrected chi connectivity index (χ1v) is 21.5. The summed E-state index contributed by atoms with van der Waals surface area (Å²) in [5.74, 6) is -0.161. The van der Waals surface area contributed by atoms with Crippen LogP contribution in [-0.2, 0) is 31.0 Å². The lowest BCUT2D eigenvalue weighted by molar-refractivity contribution is -0.169. The molecule has 2 N–H and O–H groups in total. The van der Waals surface area contributed by atoms with Gasteiger partial charge >= 0.3 is 5.97 Å². The van der Waals surface area contributed by atoms with E-state index in [0.29, 0.717) is 52.2 Å². The van der Waals surface area contributed by atoms with Crippen molar-refractivity contribution in [2.75, 3.05) is 26.0 Å². The van der Waals surface area contributed by atoms with E-state index in [0.717, 1.165) is 18.4 Å². The van der Waals surface area contributed by atoms with E-state index < -0.39 is 25.3 Å². The van der Waals surface area contributed by atoms with Crippen molar-refractivity contribution >= 4 is 60.2 Å². The summed E-state index contributed by atoms with van der Waals surface area (Å²) in [5, 5.41) is 18.8. The van der Waals surface area contributed by atoms with Crippen molar-refractivity contribution < 1.29 is 28.6 Å². The number of nitrogens with zero attached hydrogens (tertiary/aromatic N) is 1. The van der Waals surface area contributed by atoms with E-state index in [1.165, 1.54) is 22.7 Å². The smallest absolute Gasteiger partial charge is 0.349 e. The Hall–Kier alpha value is -2.25. The van der Waals surface area contributed by atoms with E-state index in [4.69, 9.17) is 25.5 Å². The van der Waals surface area contributed by atoms with Gasteiger partial charge in [-0.25, -0.2) is 4.79 Å². The Morgan fingerprint density at radius 3 is 2.10 bits per heavy atom.